The number of aliphatic imine (C=N–C) groups is 1. The fraction of sp³-hybridized carbons (Fsp3) is 0.444. The summed E-state index contributed by atoms with van der Waals surface area (Å²) < 4.78 is 0. The standard InChI is InChI=1S/C9H17N3S/c1-7(2)12-9(10)6-11-5-8(3)13-4/h5-7,12H,3,10H2,1-2,4H3/b9-6+,11-5-. The lowest BCUT2D eigenvalue weighted by atomic mass is 10.4. The minimum absolute atomic E-state index is 0.329. The predicted molar refractivity (Wildman–Crippen MR) is 61.7 cm³/mol. The zero-order chi connectivity index (χ0) is 10.3. The largest absolute Gasteiger partial charge is 0.384 e. The maximum atomic E-state index is 5.60. The first-order valence-corrected chi connectivity index (χ1v) is 5.27. The maximum Gasteiger partial charge on any atom is 0.115 e. The highest BCUT2D eigenvalue weighted by Gasteiger charge is 1.90. The number of nitrogens with one attached hydrogen (secondary N) is 1. The summed E-state index contributed by atoms with van der Waals surface area (Å²) in [5, 5.41) is 3.02. The van der Waals surface area contributed by atoms with E-state index in [1.54, 1.807) is 24.2 Å². The summed E-state index contributed by atoms with van der Waals surface area (Å²) in [6, 6.07) is 0.329. The Morgan fingerprint density at radius 1 is 1.62 bits per heavy atom. The molecule has 0 radical (unpaired) electrons. The molecular formula is C9H17N3S. The van der Waals surface area contributed by atoms with Crippen molar-refractivity contribution in [2.45, 2.75) is 19.9 Å². The van der Waals surface area contributed by atoms with Crippen molar-refractivity contribution in [3.05, 3.63) is 23.5 Å². The van der Waals surface area contributed by atoms with Gasteiger partial charge in [-0.15, -0.1) is 11.8 Å². The van der Waals surface area contributed by atoms with Gasteiger partial charge in [-0.05, 0) is 20.1 Å². The second-order valence-electron chi connectivity index (χ2n) is 2.83. The molecule has 4 heteroatoms. The van der Waals surface area contributed by atoms with Crippen molar-refractivity contribution in [1.82, 2.24) is 5.32 Å². The van der Waals surface area contributed by atoms with Gasteiger partial charge in [0.15, 0.2) is 0 Å². The summed E-state index contributed by atoms with van der Waals surface area (Å²) in [7, 11) is 0. The maximum absolute atomic E-state index is 5.60. The molecule has 0 heterocycles. The zero-order valence-corrected chi connectivity index (χ0v) is 9.19. The Morgan fingerprint density at radius 2 is 2.23 bits per heavy atom. The summed E-state index contributed by atoms with van der Waals surface area (Å²) in [4.78, 5) is 4.91. The summed E-state index contributed by atoms with van der Waals surface area (Å²) in [6.45, 7) is 7.79. The highest BCUT2D eigenvalue weighted by molar-refractivity contribution is 8.03. The van der Waals surface area contributed by atoms with Crippen molar-refractivity contribution < 1.29 is 0 Å². The normalized spacial score (nSPS) is 12.5. The van der Waals surface area contributed by atoms with Crippen molar-refractivity contribution in [1.29, 1.82) is 0 Å². The van der Waals surface area contributed by atoms with Crippen LogP contribution in [0.5, 0.6) is 0 Å². The molecule has 3 nitrogen and oxygen atoms in total. The van der Waals surface area contributed by atoms with E-state index in [0.717, 1.165) is 4.91 Å². The van der Waals surface area contributed by atoms with Gasteiger partial charge in [-0.3, -0.25) is 4.99 Å². The van der Waals surface area contributed by atoms with Crippen LogP contribution < -0.4 is 11.1 Å². The van der Waals surface area contributed by atoms with Gasteiger partial charge in [-0.2, -0.15) is 0 Å². The Labute approximate surface area is 84.2 Å². The second kappa shape index (κ2) is 6.60. The molecule has 0 rings (SSSR count). The molecule has 74 valence electrons. The molecule has 0 saturated carbocycles. The van der Waals surface area contributed by atoms with Gasteiger partial charge in [0.25, 0.3) is 0 Å². The third kappa shape index (κ3) is 7.46. The number of allylic oxidation sites excluding steroid dienone is 1. The smallest absolute Gasteiger partial charge is 0.115 e. The first-order chi connectivity index (χ1) is 6.06. The molecule has 13 heavy (non-hydrogen) atoms. The molecule has 0 aliphatic rings. The average Bonchev–Trinajstić information content (AvgIpc) is 2.02. The fourth-order valence-corrected chi connectivity index (χ4v) is 0.790. The molecular weight excluding hydrogens is 182 g/mol. The van der Waals surface area contributed by atoms with E-state index < -0.39 is 0 Å². The molecule has 0 spiro atoms. The van der Waals surface area contributed by atoms with Crippen LogP contribution >= 0.6 is 11.8 Å². The predicted octanol–water partition coefficient (Wildman–Crippen LogP) is 1.69. The summed E-state index contributed by atoms with van der Waals surface area (Å²) in [5.41, 5.74) is 5.60. The molecule has 3 N–H and O–H groups in total. The molecule has 0 unspecified atom stereocenters. The second-order valence-corrected chi connectivity index (χ2v) is 3.76. The van der Waals surface area contributed by atoms with Gasteiger partial charge in [0.1, 0.15) is 5.82 Å². The van der Waals surface area contributed by atoms with E-state index in [9.17, 15) is 0 Å². The highest BCUT2D eigenvalue weighted by Crippen LogP contribution is 2.03. The van der Waals surface area contributed by atoms with Crippen LogP contribution in [0.1, 0.15) is 13.8 Å². The lowest BCUT2D eigenvalue weighted by molar-refractivity contribution is 0.661. The monoisotopic (exact) mass is 199 g/mol. The lowest BCUT2D eigenvalue weighted by Gasteiger charge is -2.07. The highest BCUT2D eigenvalue weighted by atomic mass is 32.2. The van der Waals surface area contributed by atoms with E-state index in [0.29, 0.717) is 11.9 Å². The van der Waals surface area contributed by atoms with E-state index >= 15 is 0 Å². The number of hydrogen-bond acceptors (Lipinski definition) is 4. The van der Waals surface area contributed by atoms with E-state index in [2.05, 4.69) is 16.9 Å². The fourth-order valence-electron chi connectivity index (χ4n) is 0.624. The number of nitrogens with zero attached hydrogens (tertiary/aromatic N) is 1. The Kier molecular flexibility index (Phi) is 6.14. The Bertz CT molecular complexity index is 219. The van der Waals surface area contributed by atoms with E-state index in [1.165, 1.54) is 0 Å². The van der Waals surface area contributed by atoms with Gasteiger partial charge in [0.05, 0.1) is 6.20 Å². The Balaban J connectivity index is 3.95. The van der Waals surface area contributed by atoms with Crippen LogP contribution in [0, 0.1) is 0 Å². The van der Waals surface area contributed by atoms with Crippen LogP contribution in [-0.2, 0) is 0 Å². The summed E-state index contributed by atoms with van der Waals surface area (Å²) >= 11 is 1.56. The van der Waals surface area contributed by atoms with E-state index in [4.69, 9.17) is 5.73 Å². The third-order valence-corrected chi connectivity index (χ3v) is 1.78. The van der Waals surface area contributed by atoms with Crippen LogP contribution in [0.3, 0.4) is 0 Å². The molecule has 0 aliphatic carbocycles. The molecule has 0 saturated heterocycles. The molecule has 0 aromatic carbocycles. The topological polar surface area (TPSA) is 50.4 Å². The van der Waals surface area contributed by atoms with Crippen LogP contribution in [0.25, 0.3) is 0 Å². The van der Waals surface area contributed by atoms with Crippen LogP contribution in [0.2, 0.25) is 0 Å². The van der Waals surface area contributed by atoms with Crippen LogP contribution in [-0.4, -0.2) is 18.5 Å². The molecule has 0 aromatic rings. The zero-order valence-electron chi connectivity index (χ0n) is 8.37. The van der Waals surface area contributed by atoms with Crippen molar-refractivity contribution in [3.8, 4) is 0 Å². The molecule has 0 aromatic heterocycles. The number of hydrogen-bond donors (Lipinski definition) is 2. The number of rotatable bonds is 5. The van der Waals surface area contributed by atoms with Gasteiger partial charge < -0.3 is 11.1 Å². The third-order valence-electron chi connectivity index (χ3n) is 1.15. The molecule has 0 amide bonds. The first kappa shape index (κ1) is 12.1. The molecule has 0 bridgehead atoms. The van der Waals surface area contributed by atoms with Crippen LogP contribution in [0.15, 0.2) is 28.5 Å². The minimum Gasteiger partial charge on any atom is -0.384 e. The molecule has 0 atom stereocenters. The van der Waals surface area contributed by atoms with E-state index in [1.807, 2.05) is 20.1 Å². The Morgan fingerprint density at radius 3 is 2.69 bits per heavy atom. The number of nitrogens with two attached hydrogens (primary N) is 1. The van der Waals surface area contributed by atoms with Gasteiger partial charge in [-0.1, -0.05) is 6.58 Å². The molecule has 0 aliphatic heterocycles. The summed E-state index contributed by atoms with van der Waals surface area (Å²) in [5.74, 6) is 0.570. The average molecular weight is 199 g/mol. The Hall–Kier alpha value is -0.900. The SMILES string of the molecule is C=C(/C=N\C=C(/N)NC(C)C)SC. The minimum atomic E-state index is 0.329. The van der Waals surface area contributed by atoms with Crippen molar-refractivity contribution in [2.75, 3.05) is 6.26 Å². The van der Waals surface area contributed by atoms with Crippen molar-refractivity contribution in [2.24, 2.45) is 10.7 Å². The summed E-state index contributed by atoms with van der Waals surface area (Å²) in [6.07, 6.45) is 5.22. The van der Waals surface area contributed by atoms with E-state index in [-0.39, 0.29) is 0 Å². The van der Waals surface area contributed by atoms with Gasteiger partial charge in [0.2, 0.25) is 0 Å². The van der Waals surface area contributed by atoms with Crippen molar-refractivity contribution >= 4 is 18.0 Å². The van der Waals surface area contributed by atoms with Crippen molar-refractivity contribution in [3.63, 3.8) is 0 Å². The van der Waals surface area contributed by atoms with Gasteiger partial charge in [-0.25, -0.2) is 0 Å². The number of thioether (sulfide) groups is 1. The molecule has 0 fully saturated rings. The lowest BCUT2D eigenvalue weighted by Crippen LogP contribution is -2.26. The first-order valence-electron chi connectivity index (χ1n) is 4.04. The van der Waals surface area contributed by atoms with Crippen LogP contribution in [0.4, 0.5) is 0 Å². The van der Waals surface area contributed by atoms with Gasteiger partial charge in [0, 0.05) is 17.2 Å². The van der Waals surface area contributed by atoms with Gasteiger partial charge >= 0.3 is 0 Å². The quantitative estimate of drug-likeness (QED) is 0.662.